The zero-order valence-corrected chi connectivity index (χ0v) is 10.2. The molecule has 92 valence electrons. The van der Waals surface area contributed by atoms with Crippen molar-refractivity contribution in [3.8, 4) is 0 Å². The zero-order valence-electron chi connectivity index (χ0n) is 10.2. The second-order valence-electron chi connectivity index (χ2n) is 4.26. The molecule has 0 aliphatic rings. The van der Waals surface area contributed by atoms with E-state index in [2.05, 4.69) is 0 Å². The average Bonchev–Trinajstić information content (AvgIpc) is 2.46. The summed E-state index contributed by atoms with van der Waals surface area (Å²) in [6.45, 7) is 0.0588. The van der Waals surface area contributed by atoms with Crippen LogP contribution in [0, 0.1) is 0 Å². The number of Topliss-reactive ketones (excluding diaryl/α,β-unsaturated/α-hetero) is 1. The van der Waals surface area contributed by atoms with Gasteiger partial charge in [0.1, 0.15) is 0 Å². The van der Waals surface area contributed by atoms with Gasteiger partial charge in [-0.05, 0) is 17.5 Å². The lowest BCUT2D eigenvalue weighted by molar-refractivity contribution is 0.0983. The summed E-state index contributed by atoms with van der Waals surface area (Å²) >= 11 is 0. The molecule has 0 aliphatic heterocycles. The average molecular weight is 240 g/mol. The third-order valence-electron chi connectivity index (χ3n) is 2.94. The highest BCUT2D eigenvalue weighted by molar-refractivity contribution is 5.96. The Morgan fingerprint density at radius 1 is 0.889 bits per heavy atom. The van der Waals surface area contributed by atoms with Crippen LogP contribution in [0.15, 0.2) is 54.6 Å². The topological polar surface area (TPSA) is 37.3 Å². The fraction of sp³-hybridized carbons (Fsp3) is 0.188. The van der Waals surface area contributed by atoms with Crippen LogP contribution in [-0.4, -0.2) is 10.9 Å². The molecule has 0 heterocycles. The van der Waals surface area contributed by atoms with Gasteiger partial charge in [0.15, 0.2) is 5.78 Å². The first-order valence-corrected chi connectivity index (χ1v) is 6.06. The Balaban J connectivity index is 1.93. The van der Waals surface area contributed by atoms with Gasteiger partial charge in [0, 0.05) is 12.0 Å². The standard InChI is InChI=1S/C16H16O2/c17-12-14-8-6-13(7-9-14)10-11-16(18)15-4-2-1-3-5-15/h1-9,17H,10-12H2. The van der Waals surface area contributed by atoms with Gasteiger partial charge in [-0.25, -0.2) is 0 Å². The van der Waals surface area contributed by atoms with E-state index in [0.29, 0.717) is 6.42 Å². The van der Waals surface area contributed by atoms with E-state index in [-0.39, 0.29) is 12.4 Å². The van der Waals surface area contributed by atoms with Gasteiger partial charge >= 0.3 is 0 Å². The summed E-state index contributed by atoms with van der Waals surface area (Å²) in [5.41, 5.74) is 2.79. The normalized spacial score (nSPS) is 10.3. The molecule has 0 atom stereocenters. The molecule has 18 heavy (non-hydrogen) atoms. The van der Waals surface area contributed by atoms with Crippen molar-refractivity contribution in [1.29, 1.82) is 0 Å². The largest absolute Gasteiger partial charge is 0.392 e. The Bertz CT molecular complexity index is 500. The highest BCUT2D eigenvalue weighted by Gasteiger charge is 2.05. The Kier molecular flexibility index (Phi) is 4.26. The predicted molar refractivity (Wildman–Crippen MR) is 71.5 cm³/mol. The van der Waals surface area contributed by atoms with Gasteiger partial charge in [-0.1, -0.05) is 54.6 Å². The first kappa shape index (κ1) is 12.5. The maximum absolute atomic E-state index is 11.9. The van der Waals surface area contributed by atoms with Crippen molar-refractivity contribution in [3.05, 3.63) is 71.3 Å². The van der Waals surface area contributed by atoms with Crippen LogP contribution >= 0.6 is 0 Å². The molecular weight excluding hydrogens is 224 g/mol. The molecule has 0 radical (unpaired) electrons. The molecule has 0 spiro atoms. The summed E-state index contributed by atoms with van der Waals surface area (Å²) < 4.78 is 0. The monoisotopic (exact) mass is 240 g/mol. The minimum Gasteiger partial charge on any atom is -0.392 e. The number of carbonyl (C=O) groups excluding carboxylic acids is 1. The van der Waals surface area contributed by atoms with Gasteiger partial charge in [0.2, 0.25) is 0 Å². The fourth-order valence-corrected chi connectivity index (χ4v) is 1.84. The van der Waals surface area contributed by atoms with Gasteiger partial charge in [-0.2, -0.15) is 0 Å². The summed E-state index contributed by atoms with van der Waals surface area (Å²) in [7, 11) is 0. The third kappa shape index (κ3) is 3.28. The van der Waals surface area contributed by atoms with Crippen LogP contribution in [0.2, 0.25) is 0 Å². The molecule has 2 aromatic rings. The minimum atomic E-state index is 0.0588. The lowest BCUT2D eigenvalue weighted by Gasteiger charge is -2.03. The van der Waals surface area contributed by atoms with Crippen molar-refractivity contribution >= 4 is 5.78 Å². The van der Waals surface area contributed by atoms with Crippen LogP contribution in [0.4, 0.5) is 0 Å². The first-order chi connectivity index (χ1) is 8.79. The van der Waals surface area contributed by atoms with E-state index >= 15 is 0 Å². The molecule has 0 amide bonds. The number of ketones is 1. The quantitative estimate of drug-likeness (QED) is 0.816. The lowest BCUT2D eigenvalue weighted by atomic mass is 10.0. The Morgan fingerprint density at radius 2 is 1.50 bits per heavy atom. The second kappa shape index (κ2) is 6.12. The number of aliphatic hydroxyl groups excluding tert-OH is 1. The summed E-state index contributed by atoms with van der Waals surface area (Å²) in [6.07, 6.45) is 1.25. The molecule has 2 rings (SSSR count). The SMILES string of the molecule is O=C(CCc1ccc(CO)cc1)c1ccccc1. The Labute approximate surface area is 107 Å². The van der Waals surface area contributed by atoms with Crippen molar-refractivity contribution in [3.63, 3.8) is 0 Å². The van der Waals surface area contributed by atoms with Crippen LogP contribution in [0.1, 0.15) is 27.9 Å². The van der Waals surface area contributed by atoms with Crippen molar-refractivity contribution in [2.24, 2.45) is 0 Å². The van der Waals surface area contributed by atoms with Crippen LogP contribution in [0.25, 0.3) is 0 Å². The number of hydrogen-bond donors (Lipinski definition) is 1. The molecule has 0 bridgehead atoms. The van der Waals surface area contributed by atoms with Crippen LogP contribution in [0.5, 0.6) is 0 Å². The van der Waals surface area contributed by atoms with E-state index in [1.54, 1.807) is 0 Å². The van der Waals surface area contributed by atoms with E-state index in [0.717, 1.165) is 23.1 Å². The number of aliphatic hydroxyl groups is 1. The molecule has 0 saturated carbocycles. The summed E-state index contributed by atoms with van der Waals surface area (Å²) in [5.74, 6) is 0.168. The number of carbonyl (C=O) groups is 1. The second-order valence-corrected chi connectivity index (χ2v) is 4.26. The number of benzene rings is 2. The Hall–Kier alpha value is -1.93. The zero-order chi connectivity index (χ0) is 12.8. The maximum atomic E-state index is 11.9. The summed E-state index contributed by atoms with van der Waals surface area (Å²) in [6, 6.07) is 17.1. The van der Waals surface area contributed by atoms with Gasteiger partial charge in [0.25, 0.3) is 0 Å². The van der Waals surface area contributed by atoms with Crippen molar-refractivity contribution in [1.82, 2.24) is 0 Å². The van der Waals surface area contributed by atoms with E-state index in [4.69, 9.17) is 5.11 Å². The third-order valence-corrected chi connectivity index (χ3v) is 2.94. The molecule has 0 unspecified atom stereocenters. The highest BCUT2D eigenvalue weighted by atomic mass is 16.3. The molecule has 0 aliphatic carbocycles. The smallest absolute Gasteiger partial charge is 0.163 e. The predicted octanol–water partition coefficient (Wildman–Crippen LogP) is 2.99. The van der Waals surface area contributed by atoms with Crippen LogP contribution in [0.3, 0.4) is 0 Å². The van der Waals surface area contributed by atoms with E-state index in [9.17, 15) is 4.79 Å². The molecule has 2 nitrogen and oxygen atoms in total. The van der Waals surface area contributed by atoms with Crippen molar-refractivity contribution in [2.75, 3.05) is 0 Å². The molecule has 0 saturated heterocycles. The first-order valence-electron chi connectivity index (χ1n) is 6.06. The molecule has 0 aromatic heterocycles. The van der Waals surface area contributed by atoms with Gasteiger partial charge in [0.05, 0.1) is 6.61 Å². The van der Waals surface area contributed by atoms with Crippen LogP contribution in [-0.2, 0) is 13.0 Å². The van der Waals surface area contributed by atoms with Gasteiger partial charge in [-0.15, -0.1) is 0 Å². The molecular formula is C16H16O2. The Morgan fingerprint density at radius 3 is 2.11 bits per heavy atom. The molecule has 2 heteroatoms. The van der Waals surface area contributed by atoms with E-state index < -0.39 is 0 Å². The minimum absolute atomic E-state index is 0.0588. The highest BCUT2D eigenvalue weighted by Crippen LogP contribution is 2.10. The van der Waals surface area contributed by atoms with Gasteiger partial charge in [-0.3, -0.25) is 4.79 Å². The van der Waals surface area contributed by atoms with E-state index in [1.165, 1.54) is 0 Å². The number of aryl methyl sites for hydroxylation is 1. The maximum Gasteiger partial charge on any atom is 0.163 e. The van der Waals surface area contributed by atoms with Crippen LogP contribution < -0.4 is 0 Å². The van der Waals surface area contributed by atoms with E-state index in [1.807, 2.05) is 54.6 Å². The lowest BCUT2D eigenvalue weighted by Crippen LogP contribution is -2.00. The van der Waals surface area contributed by atoms with Gasteiger partial charge < -0.3 is 5.11 Å². The molecule has 2 aromatic carbocycles. The molecule has 1 N–H and O–H groups in total. The fourth-order valence-electron chi connectivity index (χ4n) is 1.84. The van der Waals surface area contributed by atoms with Crippen molar-refractivity contribution < 1.29 is 9.90 Å². The number of hydrogen-bond acceptors (Lipinski definition) is 2. The van der Waals surface area contributed by atoms with Crippen molar-refractivity contribution in [2.45, 2.75) is 19.4 Å². The summed E-state index contributed by atoms with van der Waals surface area (Å²) in [5, 5.41) is 8.94. The number of rotatable bonds is 5. The molecule has 0 fully saturated rings. The summed E-state index contributed by atoms with van der Waals surface area (Å²) in [4.78, 5) is 11.9.